The molecule has 0 unspecified atom stereocenters. The summed E-state index contributed by atoms with van der Waals surface area (Å²) in [5.74, 6) is 0. The van der Waals surface area contributed by atoms with Crippen LogP contribution in [0.25, 0.3) is 114 Å². The first-order chi connectivity index (χ1) is 29.7. The van der Waals surface area contributed by atoms with Gasteiger partial charge in [-0.15, -0.1) is 11.3 Å². The Labute approximate surface area is 348 Å². The van der Waals surface area contributed by atoms with Gasteiger partial charge in [0.15, 0.2) is 0 Å². The van der Waals surface area contributed by atoms with Gasteiger partial charge in [-0.25, -0.2) is 0 Å². The number of hydrogen-bond acceptors (Lipinski definition) is 2. The molecular formula is C55H32N4S. The summed E-state index contributed by atoms with van der Waals surface area (Å²) in [5, 5.41) is 20.3. The molecule has 4 nitrogen and oxygen atoms in total. The number of hydrogen-bond donors (Lipinski definition) is 0. The van der Waals surface area contributed by atoms with Crippen LogP contribution in [0.3, 0.4) is 0 Å². The van der Waals surface area contributed by atoms with Crippen LogP contribution in [0, 0.1) is 11.3 Å². The van der Waals surface area contributed by atoms with Crippen molar-refractivity contribution >= 4 is 96.9 Å². The monoisotopic (exact) mass is 780 g/mol. The van der Waals surface area contributed by atoms with E-state index in [4.69, 9.17) is 0 Å². The van der Waals surface area contributed by atoms with Gasteiger partial charge in [0, 0.05) is 75.0 Å². The smallest absolute Gasteiger partial charge is 0.0998 e. The van der Waals surface area contributed by atoms with Crippen molar-refractivity contribution in [3.63, 3.8) is 0 Å². The predicted octanol–water partition coefficient (Wildman–Crippen LogP) is 14.9. The lowest BCUT2D eigenvalue weighted by molar-refractivity contribution is 1.14. The van der Waals surface area contributed by atoms with Gasteiger partial charge in [-0.05, 0) is 72.8 Å². The Morgan fingerprint density at radius 2 is 1.02 bits per heavy atom. The average molecular weight is 781 g/mol. The van der Waals surface area contributed by atoms with Gasteiger partial charge in [-0.1, -0.05) is 121 Å². The highest BCUT2D eigenvalue weighted by molar-refractivity contribution is 7.25. The predicted molar refractivity (Wildman–Crippen MR) is 252 cm³/mol. The van der Waals surface area contributed by atoms with Crippen LogP contribution >= 0.6 is 11.3 Å². The van der Waals surface area contributed by atoms with Crippen LogP contribution in [0.4, 0.5) is 0 Å². The lowest BCUT2D eigenvalue weighted by Gasteiger charge is -2.18. The largest absolute Gasteiger partial charge is 0.309 e. The number of benzene rings is 9. The molecule has 0 fully saturated rings. The van der Waals surface area contributed by atoms with E-state index < -0.39 is 0 Å². The first-order valence-corrected chi connectivity index (χ1v) is 21.1. The molecule has 0 N–H and O–H groups in total. The molecule has 13 aromatic rings. The van der Waals surface area contributed by atoms with E-state index in [1.165, 1.54) is 63.5 Å². The highest BCUT2D eigenvalue weighted by atomic mass is 32.1. The summed E-state index contributed by atoms with van der Waals surface area (Å²) in [5.41, 5.74) is 12.7. The molecule has 0 spiro atoms. The van der Waals surface area contributed by atoms with E-state index in [0.717, 1.165) is 50.3 Å². The standard InChI is InChI=1S/C55H32N4S/c56-33-34-14-4-5-17-37(34)40-27-26-36(30-50(40)59-47-23-11-7-19-39(47)44-31-45-41-20-9-13-25-52(41)60-53(45)32-51(44)59)57-48-24-12-8-21-43(48)54-49(57)29-28-42-38-18-6-10-22-46(38)58(55(42)54)35-15-2-1-3-16-35/h1-32H. The summed E-state index contributed by atoms with van der Waals surface area (Å²) >= 11 is 1.84. The molecule has 5 heteroatoms. The minimum Gasteiger partial charge on any atom is -0.309 e. The van der Waals surface area contributed by atoms with Gasteiger partial charge in [0.05, 0.1) is 50.4 Å². The quantitative estimate of drug-likeness (QED) is 0.175. The minimum absolute atomic E-state index is 0.646. The molecule has 4 heterocycles. The van der Waals surface area contributed by atoms with Crippen molar-refractivity contribution in [2.75, 3.05) is 0 Å². The molecule has 60 heavy (non-hydrogen) atoms. The van der Waals surface area contributed by atoms with Crippen molar-refractivity contribution in [2.24, 2.45) is 0 Å². The normalized spacial score (nSPS) is 12.0. The number of rotatable bonds is 4. The molecule has 0 saturated carbocycles. The summed E-state index contributed by atoms with van der Waals surface area (Å²) in [7, 11) is 0. The van der Waals surface area contributed by atoms with Crippen LogP contribution in [-0.4, -0.2) is 13.7 Å². The van der Waals surface area contributed by atoms with Crippen molar-refractivity contribution < 1.29 is 0 Å². The Bertz CT molecular complexity index is 3960. The van der Waals surface area contributed by atoms with Gasteiger partial charge >= 0.3 is 0 Å². The molecule has 4 aromatic heterocycles. The number of thiophene rings is 1. The summed E-state index contributed by atoms with van der Waals surface area (Å²) in [6.45, 7) is 0. The summed E-state index contributed by atoms with van der Waals surface area (Å²) in [4.78, 5) is 0. The summed E-state index contributed by atoms with van der Waals surface area (Å²) in [6.07, 6.45) is 0. The van der Waals surface area contributed by atoms with Crippen LogP contribution in [0.15, 0.2) is 194 Å². The van der Waals surface area contributed by atoms with Gasteiger partial charge in [-0.3, -0.25) is 0 Å². The Kier molecular flexibility index (Phi) is 6.92. The highest BCUT2D eigenvalue weighted by Gasteiger charge is 2.23. The molecule has 0 atom stereocenters. The van der Waals surface area contributed by atoms with Gasteiger partial charge in [0.2, 0.25) is 0 Å². The third-order valence-corrected chi connectivity index (χ3v) is 13.6. The molecule has 0 radical (unpaired) electrons. The first-order valence-electron chi connectivity index (χ1n) is 20.2. The fourth-order valence-corrected chi connectivity index (χ4v) is 11.1. The average Bonchev–Trinajstić information content (AvgIpc) is 4.04. The highest BCUT2D eigenvalue weighted by Crippen LogP contribution is 2.45. The Morgan fingerprint density at radius 1 is 0.367 bits per heavy atom. The minimum atomic E-state index is 0.646. The van der Waals surface area contributed by atoms with E-state index in [-0.39, 0.29) is 0 Å². The second-order valence-electron chi connectivity index (χ2n) is 15.6. The lowest BCUT2D eigenvalue weighted by Crippen LogP contribution is -2.02. The molecule has 0 aliphatic heterocycles. The van der Waals surface area contributed by atoms with Crippen molar-refractivity contribution in [1.82, 2.24) is 13.7 Å². The fourth-order valence-electron chi connectivity index (χ4n) is 9.97. The maximum atomic E-state index is 10.5. The number of nitrogens with zero attached hydrogens (tertiary/aromatic N) is 4. The second kappa shape index (κ2) is 12.5. The van der Waals surface area contributed by atoms with Crippen LogP contribution < -0.4 is 0 Å². The first kappa shape index (κ1) is 33.1. The van der Waals surface area contributed by atoms with Crippen LogP contribution in [0.2, 0.25) is 0 Å². The Balaban J connectivity index is 1.16. The number of fused-ring (bicyclic) bond motifs is 13. The zero-order chi connectivity index (χ0) is 39.5. The van der Waals surface area contributed by atoms with Crippen molar-refractivity contribution in [3.8, 4) is 34.3 Å². The van der Waals surface area contributed by atoms with Crippen LogP contribution in [-0.2, 0) is 0 Å². The van der Waals surface area contributed by atoms with E-state index in [1.54, 1.807) is 0 Å². The van der Waals surface area contributed by atoms with E-state index >= 15 is 0 Å². The van der Waals surface area contributed by atoms with E-state index in [1.807, 2.05) is 29.5 Å². The van der Waals surface area contributed by atoms with E-state index in [2.05, 4.69) is 196 Å². The van der Waals surface area contributed by atoms with Crippen molar-refractivity contribution in [1.29, 1.82) is 5.26 Å². The van der Waals surface area contributed by atoms with Gasteiger partial charge in [-0.2, -0.15) is 5.26 Å². The van der Waals surface area contributed by atoms with Crippen LogP contribution in [0.5, 0.6) is 0 Å². The van der Waals surface area contributed by atoms with E-state index in [0.29, 0.717) is 5.56 Å². The van der Waals surface area contributed by atoms with Crippen molar-refractivity contribution in [2.45, 2.75) is 0 Å². The topological polar surface area (TPSA) is 38.6 Å². The molecule has 9 aromatic carbocycles. The summed E-state index contributed by atoms with van der Waals surface area (Å²) in [6, 6.07) is 72.4. The second-order valence-corrected chi connectivity index (χ2v) is 16.7. The third kappa shape index (κ3) is 4.54. The number of nitriles is 1. The maximum Gasteiger partial charge on any atom is 0.0998 e. The van der Waals surface area contributed by atoms with E-state index in [9.17, 15) is 5.26 Å². The van der Waals surface area contributed by atoms with Crippen molar-refractivity contribution in [3.05, 3.63) is 200 Å². The zero-order valence-corrected chi connectivity index (χ0v) is 33.0. The maximum absolute atomic E-state index is 10.5. The molecule has 0 aliphatic carbocycles. The Hall–Kier alpha value is -7.91. The molecule has 278 valence electrons. The van der Waals surface area contributed by atoms with Gasteiger partial charge in [0.25, 0.3) is 0 Å². The van der Waals surface area contributed by atoms with Gasteiger partial charge < -0.3 is 13.7 Å². The van der Waals surface area contributed by atoms with Crippen LogP contribution in [0.1, 0.15) is 5.56 Å². The third-order valence-electron chi connectivity index (χ3n) is 12.5. The molecule has 0 bridgehead atoms. The lowest BCUT2D eigenvalue weighted by atomic mass is 9.98. The molecule has 0 aliphatic rings. The molecule has 13 rings (SSSR count). The molecule has 0 amide bonds. The fraction of sp³-hybridized carbons (Fsp3) is 0. The Morgan fingerprint density at radius 3 is 1.82 bits per heavy atom. The number of aromatic nitrogens is 3. The molecular weight excluding hydrogens is 749 g/mol. The zero-order valence-electron chi connectivity index (χ0n) is 32.2. The number of para-hydroxylation sites is 4. The SMILES string of the molecule is N#Cc1ccccc1-c1ccc(-n2c3ccccc3c3c2ccc2c4ccccc4n(-c4ccccc4)c23)cc1-n1c2ccccc2c2cc3c(cc21)sc1ccccc13. The van der Waals surface area contributed by atoms with Gasteiger partial charge in [0.1, 0.15) is 0 Å². The molecule has 0 saturated heterocycles. The summed E-state index contributed by atoms with van der Waals surface area (Å²) < 4.78 is 9.83.